The molecule has 1 aromatic carbocycles. The number of nitrogens with one attached hydrogen (secondary N) is 1. The number of hydrogen-bond acceptors (Lipinski definition) is 2. The molecule has 0 saturated carbocycles. The Morgan fingerprint density at radius 2 is 2.26 bits per heavy atom. The minimum atomic E-state index is -0.276. The molecule has 6 heteroatoms. The van der Waals surface area contributed by atoms with E-state index in [9.17, 15) is 4.39 Å². The van der Waals surface area contributed by atoms with Crippen LogP contribution in [0.5, 0.6) is 0 Å². The van der Waals surface area contributed by atoms with E-state index in [1.54, 1.807) is 16.9 Å². The van der Waals surface area contributed by atoms with Crippen molar-refractivity contribution in [1.29, 1.82) is 0 Å². The standard InChI is InChI=1S/C13H14BrClFN3/c1-3-17-12(13-11(15)7-18-19(13)2)9-5-4-8(16)6-10(9)14/h4-7,12,17H,3H2,1-2H3. The Balaban J connectivity index is 2.51. The molecule has 1 unspecified atom stereocenters. The Hall–Kier alpha value is -0.910. The Kier molecular flexibility index (Phi) is 4.60. The largest absolute Gasteiger partial charge is 0.305 e. The van der Waals surface area contributed by atoms with E-state index >= 15 is 0 Å². The van der Waals surface area contributed by atoms with Crippen LogP contribution in [0.1, 0.15) is 24.2 Å². The fraction of sp³-hybridized carbons (Fsp3) is 0.308. The van der Waals surface area contributed by atoms with Gasteiger partial charge in [-0.1, -0.05) is 40.5 Å². The molecule has 0 radical (unpaired) electrons. The van der Waals surface area contributed by atoms with Crippen LogP contribution in [0.3, 0.4) is 0 Å². The molecule has 19 heavy (non-hydrogen) atoms. The molecule has 0 saturated heterocycles. The zero-order valence-corrected chi connectivity index (χ0v) is 13.0. The summed E-state index contributed by atoms with van der Waals surface area (Å²) in [4.78, 5) is 0. The topological polar surface area (TPSA) is 29.9 Å². The minimum absolute atomic E-state index is 0.139. The van der Waals surface area contributed by atoms with Crippen LogP contribution in [0, 0.1) is 5.82 Å². The first-order valence-electron chi connectivity index (χ1n) is 5.90. The average molecular weight is 347 g/mol. The molecule has 1 aromatic heterocycles. The van der Waals surface area contributed by atoms with Crippen LogP contribution in [-0.2, 0) is 7.05 Å². The lowest BCUT2D eigenvalue weighted by atomic mass is 10.0. The fourth-order valence-electron chi connectivity index (χ4n) is 2.04. The molecule has 0 aliphatic carbocycles. The highest BCUT2D eigenvalue weighted by Gasteiger charge is 2.22. The summed E-state index contributed by atoms with van der Waals surface area (Å²) in [6.45, 7) is 2.77. The summed E-state index contributed by atoms with van der Waals surface area (Å²) in [5, 5.41) is 8.08. The highest BCUT2D eigenvalue weighted by atomic mass is 79.9. The maximum Gasteiger partial charge on any atom is 0.124 e. The summed E-state index contributed by atoms with van der Waals surface area (Å²) in [7, 11) is 1.84. The molecule has 1 N–H and O–H groups in total. The zero-order chi connectivity index (χ0) is 14.0. The van der Waals surface area contributed by atoms with Crippen LogP contribution in [-0.4, -0.2) is 16.3 Å². The van der Waals surface area contributed by atoms with Gasteiger partial charge in [-0.25, -0.2) is 4.39 Å². The number of aryl methyl sites for hydroxylation is 1. The molecular weight excluding hydrogens is 333 g/mol. The molecular formula is C13H14BrClFN3. The number of aromatic nitrogens is 2. The first-order chi connectivity index (χ1) is 9.04. The van der Waals surface area contributed by atoms with E-state index < -0.39 is 0 Å². The quantitative estimate of drug-likeness (QED) is 0.915. The number of hydrogen-bond donors (Lipinski definition) is 1. The first kappa shape index (κ1) is 14.5. The molecule has 2 rings (SSSR count). The third-order valence-electron chi connectivity index (χ3n) is 2.89. The van der Waals surface area contributed by atoms with Crippen LogP contribution in [0.15, 0.2) is 28.9 Å². The zero-order valence-electron chi connectivity index (χ0n) is 10.6. The van der Waals surface area contributed by atoms with Crippen molar-refractivity contribution in [1.82, 2.24) is 15.1 Å². The molecule has 0 spiro atoms. The van der Waals surface area contributed by atoms with Gasteiger partial charge in [0.05, 0.1) is 23.0 Å². The third-order valence-corrected chi connectivity index (χ3v) is 3.87. The Morgan fingerprint density at radius 3 is 2.79 bits per heavy atom. The average Bonchev–Trinajstić information content (AvgIpc) is 2.67. The lowest BCUT2D eigenvalue weighted by Crippen LogP contribution is -2.25. The van der Waals surface area contributed by atoms with Crippen molar-refractivity contribution in [2.45, 2.75) is 13.0 Å². The number of nitrogens with zero attached hydrogens (tertiary/aromatic N) is 2. The maximum absolute atomic E-state index is 13.2. The Bertz CT molecular complexity index is 566. The molecule has 0 fully saturated rings. The minimum Gasteiger partial charge on any atom is -0.305 e. The van der Waals surface area contributed by atoms with Crippen LogP contribution >= 0.6 is 27.5 Å². The lowest BCUT2D eigenvalue weighted by molar-refractivity contribution is 0.568. The van der Waals surface area contributed by atoms with E-state index in [4.69, 9.17) is 11.6 Å². The van der Waals surface area contributed by atoms with Gasteiger partial charge in [0.25, 0.3) is 0 Å². The van der Waals surface area contributed by atoms with Gasteiger partial charge < -0.3 is 5.32 Å². The van der Waals surface area contributed by atoms with E-state index in [-0.39, 0.29) is 11.9 Å². The monoisotopic (exact) mass is 345 g/mol. The summed E-state index contributed by atoms with van der Waals surface area (Å²) < 4.78 is 15.6. The highest BCUT2D eigenvalue weighted by Crippen LogP contribution is 2.32. The molecule has 1 atom stereocenters. The lowest BCUT2D eigenvalue weighted by Gasteiger charge is -2.20. The smallest absolute Gasteiger partial charge is 0.124 e. The number of rotatable bonds is 4. The van der Waals surface area contributed by atoms with Gasteiger partial charge >= 0.3 is 0 Å². The van der Waals surface area contributed by atoms with Crippen molar-refractivity contribution in [3.05, 3.63) is 51.0 Å². The molecule has 3 nitrogen and oxygen atoms in total. The second-order valence-corrected chi connectivity index (χ2v) is 5.42. The van der Waals surface area contributed by atoms with Crippen molar-refractivity contribution < 1.29 is 4.39 Å². The SMILES string of the molecule is CCNC(c1ccc(F)cc1Br)c1c(Cl)cnn1C. The van der Waals surface area contributed by atoms with E-state index in [1.165, 1.54) is 12.1 Å². The Labute approximate surface area is 124 Å². The molecule has 0 amide bonds. The van der Waals surface area contributed by atoms with Crippen molar-refractivity contribution in [3.8, 4) is 0 Å². The number of halogens is 3. The van der Waals surface area contributed by atoms with E-state index in [1.807, 2.05) is 14.0 Å². The predicted molar refractivity (Wildman–Crippen MR) is 77.8 cm³/mol. The first-order valence-corrected chi connectivity index (χ1v) is 7.07. The van der Waals surface area contributed by atoms with Gasteiger partial charge in [-0.05, 0) is 24.2 Å². The summed E-state index contributed by atoms with van der Waals surface area (Å²) >= 11 is 9.60. The third kappa shape index (κ3) is 2.99. The summed E-state index contributed by atoms with van der Waals surface area (Å²) in [5.41, 5.74) is 1.78. The van der Waals surface area contributed by atoms with E-state index in [2.05, 4.69) is 26.3 Å². The van der Waals surface area contributed by atoms with Crippen molar-refractivity contribution in [2.75, 3.05) is 6.54 Å². The van der Waals surface area contributed by atoms with E-state index in [0.29, 0.717) is 9.50 Å². The van der Waals surface area contributed by atoms with Gasteiger partial charge in [0.2, 0.25) is 0 Å². The highest BCUT2D eigenvalue weighted by molar-refractivity contribution is 9.10. The fourth-order valence-corrected chi connectivity index (χ4v) is 2.89. The summed E-state index contributed by atoms with van der Waals surface area (Å²) in [5.74, 6) is -0.276. The summed E-state index contributed by atoms with van der Waals surface area (Å²) in [6, 6.07) is 4.49. The molecule has 0 aliphatic heterocycles. The van der Waals surface area contributed by atoms with Gasteiger partial charge in [0.1, 0.15) is 5.82 Å². The maximum atomic E-state index is 13.2. The van der Waals surface area contributed by atoms with Gasteiger partial charge in [-0.3, -0.25) is 4.68 Å². The number of benzene rings is 1. The van der Waals surface area contributed by atoms with Gasteiger partial charge in [-0.15, -0.1) is 0 Å². The molecule has 2 aromatic rings. The van der Waals surface area contributed by atoms with Crippen molar-refractivity contribution in [3.63, 3.8) is 0 Å². The van der Waals surface area contributed by atoms with Crippen molar-refractivity contribution >= 4 is 27.5 Å². The van der Waals surface area contributed by atoms with Crippen molar-refractivity contribution in [2.24, 2.45) is 7.05 Å². The molecule has 1 heterocycles. The predicted octanol–water partition coefficient (Wildman–Crippen LogP) is 3.67. The molecule has 0 bridgehead atoms. The van der Waals surface area contributed by atoms with Gasteiger partial charge in [-0.2, -0.15) is 5.10 Å². The van der Waals surface area contributed by atoms with Crippen LogP contribution in [0.2, 0.25) is 5.02 Å². The van der Waals surface area contributed by atoms with Gasteiger partial charge in [0.15, 0.2) is 0 Å². The van der Waals surface area contributed by atoms with Crippen LogP contribution in [0.4, 0.5) is 4.39 Å². The summed E-state index contributed by atoms with van der Waals surface area (Å²) in [6.07, 6.45) is 1.61. The Morgan fingerprint density at radius 1 is 1.53 bits per heavy atom. The molecule has 102 valence electrons. The van der Waals surface area contributed by atoms with E-state index in [0.717, 1.165) is 17.8 Å². The van der Waals surface area contributed by atoms with Crippen LogP contribution in [0.25, 0.3) is 0 Å². The molecule has 0 aliphatic rings. The normalized spacial score (nSPS) is 12.7. The second-order valence-electron chi connectivity index (χ2n) is 4.16. The second kappa shape index (κ2) is 6.03. The van der Waals surface area contributed by atoms with Crippen LogP contribution < -0.4 is 5.32 Å². The van der Waals surface area contributed by atoms with Gasteiger partial charge in [0, 0.05) is 11.5 Å².